The van der Waals surface area contributed by atoms with Crippen LogP contribution in [0.3, 0.4) is 0 Å². The quantitative estimate of drug-likeness (QED) is 0.332. The number of hydrogen-bond acceptors (Lipinski definition) is 6. The van der Waals surface area contributed by atoms with Gasteiger partial charge in [-0.3, -0.25) is 9.20 Å². The second-order valence-corrected chi connectivity index (χ2v) is 10.1. The van der Waals surface area contributed by atoms with Crippen LogP contribution in [-0.2, 0) is 24.8 Å². The van der Waals surface area contributed by atoms with Crippen molar-refractivity contribution in [2.75, 3.05) is 0 Å². The van der Waals surface area contributed by atoms with Crippen LogP contribution in [0.1, 0.15) is 24.3 Å². The van der Waals surface area contributed by atoms with Crippen LogP contribution in [0.5, 0.6) is 0 Å². The molecule has 0 saturated carbocycles. The fraction of sp³-hybridized carbons (Fsp3) is 0.278. The summed E-state index contributed by atoms with van der Waals surface area (Å²) >= 11 is 9.01. The summed E-state index contributed by atoms with van der Waals surface area (Å²) in [7, 11) is 0. The molecule has 0 aliphatic carbocycles. The van der Waals surface area contributed by atoms with Gasteiger partial charge in [0.25, 0.3) is 5.56 Å². The van der Waals surface area contributed by atoms with E-state index in [0.29, 0.717) is 10.9 Å². The molecule has 4 aromatic rings. The van der Waals surface area contributed by atoms with Crippen molar-refractivity contribution in [1.29, 1.82) is 0 Å². The second kappa shape index (κ2) is 6.86. The average Bonchev–Trinajstić information content (AvgIpc) is 3.16. The van der Waals surface area contributed by atoms with E-state index in [9.17, 15) is 4.79 Å². The molecule has 0 bridgehead atoms. The molecule has 0 unspecified atom stereocenters. The first-order valence-corrected chi connectivity index (χ1v) is 10.5. The molecule has 0 radical (unpaired) electrons. The first kappa shape index (κ1) is 19.4. The summed E-state index contributed by atoms with van der Waals surface area (Å²) in [6.07, 6.45) is 0.872. The largest absolute Gasteiger partial charge is 1.00 e. The Morgan fingerprint density at radius 3 is 2.67 bits per heavy atom. The van der Waals surface area contributed by atoms with Crippen molar-refractivity contribution < 1.29 is 29.6 Å². The molecule has 5 rings (SSSR count). The Labute approximate surface area is 191 Å². The maximum atomic E-state index is 13.5. The van der Waals surface area contributed by atoms with Gasteiger partial charge >= 0.3 is 29.6 Å². The van der Waals surface area contributed by atoms with Crippen LogP contribution in [0, 0.1) is 0 Å². The van der Waals surface area contributed by atoms with Crippen LogP contribution < -0.4 is 35.1 Å². The number of para-hydroxylation sites is 1. The van der Waals surface area contributed by atoms with Gasteiger partial charge in [-0.05, 0) is 24.1 Å². The third-order valence-corrected chi connectivity index (χ3v) is 7.74. The summed E-state index contributed by atoms with van der Waals surface area (Å²) in [4.78, 5) is 15.7. The van der Waals surface area contributed by atoms with Gasteiger partial charge in [-0.25, -0.2) is 4.57 Å². The standard InChI is InChI=1S/C18H16N4OS3.Na/c1-18(2)8-11-12(9-25-18)26-15-13(11)14(23)21(10-6-4-3-5-7-10)16-19-20-17(24)22(15)16;/h3-7H,8-9H2,1-2H3,(H,20,24);/q;+1/p-1. The molecular weight excluding hydrogens is 407 g/mol. The number of fused-ring (bicyclic) bond motifs is 5. The van der Waals surface area contributed by atoms with Gasteiger partial charge in [-0.2, -0.15) is 5.10 Å². The smallest absolute Gasteiger partial charge is 0.740 e. The van der Waals surface area contributed by atoms with Gasteiger partial charge in [0.2, 0.25) is 5.78 Å². The van der Waals surface area contributed by atoms with Gasteiger partial charge in [-0.15, -0.1) is 28.2 Å². The fourth-order valence-electron chi connectivity index (χ4n) is 3.51. The van der Waals surface area contributed by atoms with Gasteiger partial charge in [-0.1, -0.05) is 32.0 Å². The van der Waals surface area contributed by atoms with E-state index in [1.165, 1.54) is 4.88 Å². The van der Waals surface area contributed by atoms with E-state index in [0.717, 1.165) is 33.6 Å². The van der Waals surface area contributed by atoms with Crippen molar-refractivity contribution in [3.05, 3.63) is 51.1 Å². The van der Waals surface area contributed by atoms with Crippen LogP contribution in [0.25, 0.3) is 21.7 Å². The molecular formula is C18H15N4NaOS3. The van der Waals surface area contributed by atoms with E-state index >= 15 is 0 Å². The molecule has 1 aliphatic heterocycles. The summed E-state index contributed by atoms with van der Waals surface area (Å²) in [6, 6.07) is 9.57. The predicted octanol–water partition coefficient (Wildman–Crippen LogP) is 0.573. The summed E-state index contributed by atoms with van der Waals surface area (Å²) in [6.45, 7) is 4.46. The third-order valence-electron chi connectivity index (χ3n) is 4.72. The summed E-state index contributed by atoms with van der Waals surface area (Å²) in [5, 5.41) is 9.44. The molecule has 1 aromatic carbocycles. The van der Waals surface area contributed by atoms with Crippen LogP contribution >= 0.6 is 23.1 Å². The minimum absolute atomic E-state index is 0. The monoisotopic (exact) mass is 422 g/mol. The van der Waals surface area contributed by atoms with Crippen molar-refractivity contribution >= 4 is 51.7 Å². The Hall–Kier alpha value is -0.900. The third kappa shape index (κ3) is 2.97. The van der Waals surface area contributed by atoms with E-state index in [4.69, 9.17) is 12.6 Å². The maximum absolute atomic E-state index is 13.5. The number of aromatic nitrogens is 4. The number of benzene rings is 1. The number of nitrogens with zero attached hydrogens (tertiary/aromatic N) is 4. The molecule has 27 heavy (non-hydrogen) atoms. The van der Waals surface area contributed by atoms with Gasteiger partial charge in [0.15, 0.2) is 0 Å². The number of thiophene rings is 1. The molecule has 3 aromatic heterocycles. The average molecular weight is 423 g/mol. The van der Waals surface area contributed by atoms with E-state index < -0.39 is 0 Å². The zero-order valence-electron chi connectivity index (χ0n) is 15.2. The molecule has 0 atom stereocenters. The minimum Gasteiger partial charge on any atom is -0.740 e. The van der Waals surface area contributed by atoms with Crippen LogP contribution in [0.15, 0.2) is 40.3 Å². The van der Waals surface area contributed by atoms with Crippen molar-refractivity contribution in [1.82, 2.24) is 19.2 Å². The minimum atomic E-state index is -0.0405. The van der Waals surface area contributed by atoms with E-state index in [1.807, 2.05) is 46.5 Å². The molecule has 132 valence electrons. The van der Waals surface area contributed by atoms with Crippen molar-refractivity contribution in [2.45, 2.75) is 35.9 Å². The van der Waals surface area contributed by atoms with Gasteiger partial charge in [0.05, 0.1) is 11.1 Å². The zero-order valence-corrected chi connectivity index (χ0v) is 19.7. The summed E-state index contributed by atoms with van der Waals surface area (Å²) in [5.41, 5.74) is 1.89. The molecule has 0 saturated heterocycles. The van der Waals surface area contributed by atoms with Crippen LogP contribution in [0.4, 0.5) is 0 Å². The molecule has 0 spiro atoms. The molecule has 9 heteroatoms. The van der Waals surface area contributed by atoms with Crippen LogP contribution in [-0.4, -0.2) is 23.9 Å². The van der Waals surface area contributed by atoms with Gasteiger partial charge < -0.3 is 12.6 Å². The van der Waals surface area contributed by atoms with Crippen LogP contribution in [0.2, 0.25) is 0 Å². The number of hydrogen-bond donors (Lipinski definition) is 0. The number of thioether (sulfide) groups is 1. The molecule has 0 fully saturated rings. The normalized spacial score (nSPS) is 15.6. The van der Waals surface area contributed by atoms with Crippen molar-refractivity contribution in [2.24, 2.45) is 0 Å². The van der Waals surface area contributed by atoms with E-state index in [1.54, 1.807) is 15.9 Å². The zero-order chi connectivity index (χ0) is 18.1. The fourth-order valence-corrected chi connectivity index (χ4v) is 6.24. The molecule has 1 aliphatic rings. The Bertz CT molecular complexity index is 1230. The summed E-state index contributed by atoms with van der Waals surface area (Å²) in [5.74, 6) is 1.40. The van der Waals surface area contributed by atoms with Crippen molar-refractivity contribution in [3.63, 3.8) is 0 Å². The SMILES string of the molecule is CC1(C)Cc2c(sc3c2c(=O)n(-c2ccccc2)c2nnc([S-])n32)CS1.[Na+]. The summed E-state index contributed by atoms with van der Waals surface area (Å²) < 4.78 is 3.59. The predicted molar refractivity (Wildman–Crippen MR) is 109 cm³/mol. The molecule has 4 heterocycles. The maximum Gasteiger partial charge on any atom is 1.00 e. The van der Waals surface area contributed by atoms with E-state index in [-0.39, 0.29) is 39.9 Å². The topological polar surface area (TPSA) is 52.2 Å². The molecule has 0 amide bonds. The van der Waals surface area contributed by atoms with Gasteiger partial charge in [0, 0.05) is 20.5 Å². The Morgan fingerprint density at radius 1 is 1.19 bits per heavy atom. The Balaban J connectivity index is 0.00000180. The number of rotatable bonds is 1. The Morgan fingerprint density at radius 2 is 1.93 bits per heavy atom. The van der Waals surface area contributed by atoms with E-state index in [2.05, 4.69) is 24.0 Å². The molecule has 0 N–H and O–H groups in total. The van der Waals surface area contributed by atoms with Gasteiger partial charge in [0.1, 0.15) is 4.83 Å². The molecule has 5 nitrogen and oxygen atoms in total. The first-order valence-electron chi connectivity index (χ1n) is 8.27. The Kier molecular flexibility index (Phi) is 4.93. The van der Waals surface area contributed by atoms with Crippen molar-refractivity contribution in [3.8, 4) is 5.69 Å². The second-order valence-electron chi connectivity index (χ2n) is 7.00. The first-order chi connectivity index (χ1) is 12.5.